The average Bonchev–Trinajstić information content (AvgIpc) is 3.32. The molecule has 2 aliphatic heterocycles. The number of amides is 1. The highest BCUT2D eigenvalue weighted by atomic mass is 16.5. The van der Waals surface area contributed by atoms with E-state index in [1.165, 1.54) is 0 Å². The molecule has 1 spiro atoms. The molecule has 4 heterocycles. The second-order valence-corrected chi connectivity index (χ2v) is 7.86. The van der Waals surface area contributed by atoms with E-state index in [0.717, 1.165) is 41.9 Å². The first-order valence-corrected chi connectivity index (χ1v) is 10.4. The van der Waals surface area contributed by atoms with Gasteiger partial charge in [0.2, 0.25) is 5.91 Å². The van der Waals surface area contributed by atoms with Gasteiger partial charge in [0.1, 0.15) is 18.3 Å². The lowest BCUT2D eigenvalue weighted by molar-refractivity contribution is -0.141. The van der Waals surface area contributed by atoms with Gasteiger partial charge in [0.25, 0.3) is 0 Å². The summed E-state index contributed by atoms with van der Waals surface area (Å²) in [4.78, 5) is 24.1. The number of hydrogen-bond acceptors (Lipinski definition) is 6. The molecule has 0 N–H and O–H groups in total. The first kappa shape index (κ1) is 18.9. The van der Waals surface area contributed by atoms with Crippen molar-refractivity contribution in [2.45, 2.75) is 37.8 Å². The van der Waals surface area contributed by atoms with Gasteiger partial charge >= 0.3 is 0 Å². The number of aromatic nitrogens is 5. The molecule has 30 heavy (non-hydrogen) atoms. The van der Waals surface area contributed by atoms with E-state index in [0.29, 0.717) is 32.7 Å². The first-order chi connectivity index (χ1) is 14.7. The maximum absolute atomic E-state index is 12.7. The topological polar surface area (TPSA) is 86.0 Å². The normalized spacial score (nSPS) is 17.7. The molecule has 1 saturated heterocycles. The van der Waals surface area contributed by atoms with Crippen LogP contribution in [-0.2, 0) is 28.1 Å². The minimum atomic E-state index is -0.425. The fraction of sp³-hybridized carbons (Fsp3) is 0.409. The second kappa shape index (κ2) is 7.95. The molecule has 2 aliphatic rings. The van der Waals surface area contributed by atoms with Crippen LogP contribution in [0.4, 0.5) is 0 Å². The summed E-state index contributed by atoms with van der Waals surface area (Å²) in [6.45, 7) is 2.61. The number of benzene rings is 1. The third-order valence-corrected chi connectivity index (χ3v) is 6.05. The number of hydrogen-bond donors (Lipinski definition) is 0. The lowest BCUT2D eigenvalue weighted by atomic mass is 9.83. The number of fused-ring (bicyclic) bond motifs is 2. The van der Waals surface area contributed by atoms with Crippen LogP contribution in [0.2, 0.25) is 0 Å². The molecule has 1 fully saturated rings. The summed E-state index contributed by atoms with van der Waals surface area (Å²) < 4.78 is 8.15. The number of ether oxygens (including phenoxy) is 1. The van der Waals surface area contributed by atoms with E-state index in [2.05, 4.69) is 15.2 Å². The quantitative estimate of drug-likeness (QED) is 0.663. The SMILES string of the molecule is O=C(CCn1cnnc1)N1CCC2(CC1)OCCc1cnc(-c3ccccc3)nc12. The summed E-state index contributed by atoms with van der Waals surface area (Å²) in [5.74, 6) is 0.883. The van der Waals surface area contributed by atoms with Gasteiger partial charge < -0.3 is 14.2 Å². The van der Waals surface area contributed by atoms with Crippen LogP contribution in [0.25, 0.3) is 11.4 Å². The summed E-state index contributed by atoms with van der Waals surface area (Å²) in [6, 6.07) is 10.0. The van der Waals surface area contributed by atoms with Crippen LogP contribution in [0.3, 0.4) is 0 Å². The number of carbonyl (C=O) groups excluding carboxylic acids is 1. The van der Waals surface area contributed by atoms with Gasteiger partial charge in [-0.2, -0.15) is 0 Å². The van der Waals surface area contributed by atoms with Crippen LogP contribution in [0.15, 0.2) is 49.2 Å². The van der Waals surface area contributed by atoms with Crippen molar-refractivity contribution in [2.75, 3.05) is 19.7 Å². The molecular weight excluding hydrogens is 380 g/mol. The Balaban J connectivity index is 1.31. The van der Waals surface area contributed by atoms with Crippen molar-refractivity contribution in [1.29, 1.82) is 0 Å². The maximum atomic E-state index is 12.7. The number of nitrogens with zero attached hydrogens (tertiary/aromatic N) is 6. The van der Waals surface area contributed by atoms with E-state index < -0.39 is 5.60 Å². The highest BCUT2D eigenvalue weighted by molar-refractivity contribution is 5.76. The fourth-order valence-electron chi connectivity index (χ4n) is 4.35. The van der Waals surface area contributed by atoms with Crippen molar-refractivity contribution >= 4 is 5.91 Å². The van der Waals surface area contributed by atoms with Crippen LogP contribution >= 0.6 is 0 Å². The van der Waals surface area contributed by atoms with Gasteiger partial charge in [-0.15, -0.1) is 10.2 Å². The van der Waals surface area contributed by atoms with Crippen molar-refractivity contribution in [2.24, 2.45) is 0 Å². The van der Waals surface area contributed by atoms with E-state index in [4.69, 9.17) is 9.72 Å². The predicted molar refractivity (Wildman–Crippen MR) is 109 cm³/mol. The molecular formula is C22H24N6O2. The molecule has 0 unspecified atom stereocenters. The Bertz CT molecular complexity index is 1010. The smallest absolute Gasteiger partial charge is 0.224 e. The van der Waals surface area contributed by atoms with Crippen LogP contribution < -0.4 is 0 Å². The van der Waals surface area contributed by atoms with Crippen molar-refractivity contribution < 1.29 is 9.53 Å². The monoisotopic (exact) mass is 404 g/mol. The zero-order chi connectivity index (χ0) is 20.4. The molecule has 0 aliphatic carbocycles. The third-order valence-electron chi connectivity index (χ3n) is 6.05. The molecule has 2 aromatic heterocycles. The maximum Gasteiger partial charge on any atom is 0.224 e. The molecule has 5 rings (SSSR count). The van der Waals surface area contributed by atoms with Gasteiger partial charge in [-0.25, -0.2) is 9.97 Å². The fourth-order valence-corrected chi connectivity index (χ4v) is 4.35. The van der Waals surface area contributed by atoms with E-state index in [1.54, 1.807) is 12.7 Å². The molecule has 8 nitrogen and oxygen atoms in total. The molecule has 1 aromatic carbocycles. The lowest BCUT2D eigenvalue weighted by Gasteiger charge is -2.44. The van der Waals surface area contributed by atoms with Crippen LogP contribution in [0, 0.1) is 0 Å². The van der Waals surface area contributed by atoms with E-state index in [1.807, 2.05) is 46.0 Å². The number of piperidine rings is 1. The number of rotatable bonds is 4. The van der Waals surface area contributed by atoms with Gasteiger partial charge in [0.05, 0.1) is 12.3 Å². The first-order valence-electron chi connectivity index (χ1n) is 10.4. The summed E-state index contributed by atoms with van der Waals surface area (Å²) >= 11 is 0. The highest BCUT2D eigenvalue weighted by Gasteiger charge is 2.43. The number of likely N-dealkylation sites (tertiary alicyclic amines) is 1. The van der Waals surface area contributed by atoms with E-state index in [-0.39, 0.29) is 5.91 Å². The van der Waals surface area contributed by atoms with E-state index in [9.17, 15) is 4.79 Å². The van der Waals surface area contributed by atoms with Gasteiger partial charge in [-0.3, -0.25) is 4.79 Å². The molecule has 0 radical (unpaired) electrons. The Morgan fingerprint density at radius 2 is 1.87 bits per heavy atom. The zero-order valence-electron chi connectivity index (χ0n) is 16.8. The Labute approximate surface area is 174 Å². The molecule has 0 saturated carbocycles. The third kappa shape index (κ3) is 3.59. The zero-order valence-corrected chi connectivity index (χ0v) is 16.8. The van der Waals surface area contributed by atoms with E-state index >= 15 is 0 Å². The van der Waals surface area contributed by atoms with Crippen molar-refractivity contribution in [3.05, 3.63) is 60.4 Å². The van der Waals surface area contributed by atoms with Crippen molar-refractivity contribution in [3.8, 4) is 11.4 Å². The Morgan fingerprint density at radius 3 is 2.63 bits per heavy atom. The highest BCUT2D eigenvalue weighted by Crippen LogP contribution is 2.41. The molecule has 0 bridgehead atoms. The standard InChI is InChI=1S/C22H24N6O2/c29-19(6-10-27-15-24-25-16-27)28-11-8-22(9-12-28)20-18(7-13-30-22)14-23-21(26-20)17-4-2-1-3-5-17/h1-5,14-16H,6-13H2. The minimum absolute atomic E-state index is 0.155. The number of aryl methyl sites for hydroxylation is 1. The van der Waals surface area contributed by atoms with Crippen LogP contribution in [0.5, 0.6) is 0 Å². The molecule has 3 aromatic rings. The lowest BCUT2D eigenvalue weighted by Crippen LogP contribution is -2.49. The van der Waals surface area contributed by atoms with Crippen LogP contribution in [0.1, 0.15) is 30.5 Å². The summed E-state index contributed by atoms with van der Waals surface area (Å²) in [5.41, 5.74) is 2.74. The molecule has 0 atom stereocenters. The Hall–Kier alpha value is -3.13. The van der Waals surface area contributed by atoms with Gasteiger partial charge in [0, 0.05) is 37.8 Å². The number of carbonyl (C=O) groups is 1. The van der Waals surface area contributed by atoms with Crippen LogP contribution in [-0.4, -0.2) is 55.2 Å². The minimum Gasteiger partial charge on any atom is -0.368 e. The van der Waals surface area contributed by atoms with Gasteiger partial charge in [-0.05, 0) is 24.8 Å². The average molecular weight is 404 g/mol. The Kier molecular flexibility index (Phi) is 5.00. The largest absolute Gasteiger partial charge is 0.368 e. The summed E-state index contributed by atoms with van der Waals surface area (Å²) in [5, 5.41) is 7.56. The second-order valence-electron chi connectivity index (χ2n) is 7.86. The predicted octanol–water partition coefficient (Wildman–Crippen LogP) is 2.22. The summed E-state index contributed by atoms with van der Waals surface area (Å²) in [7, 11) is 0. The molecule has 8 heteroatoms. The summed E-state index contributed by atoms with van der Waals surface area (Å²) in [6.07, 6.45) is 8.00. The molecule has 154 valence electrons. The Morgan fingerprint density at radius 1 is 1.10 bits per heavy atom. The van der Waals surface area contributed by atoms with Crippen molar-refractivity contribution in [3.63, 3.8) is 0 Å². The molecule has 1 amide bonds. The van der Waals surface area contributed by atoms with Gasteiger partial charge in [-0.1, -0.05) is 30.3 Å². The van der Waals surface area contributed by atoms with Gasteiger partial charge in [0.15, 0.2) is 5.82 Å². The van der Waals surface area contributed by atoms with Crippen molar-refractivity contribution in [1.82, 2.24) is 29.6 Å².